The SMILES string of the molecule is O=C1CCOc2cc(O)cc(O)c21.Oc1cccc(O)c1O. The van der Waals surface area contributed by atoms with Gasteiger partial charge in [-0.1, -0.05) is 6.07 Å². The third-order valence-corrected chi connectivity index (χ3v) is 2.93. The van der Waals surface area contributed by atoms with E-state index in [0.717, 1.165) is 6.07 Å². The van der Waals surface area contributed by atoms with Gasteiger partial charge in [-0.05, 0) is 12.1 Å². The molecule has 0 atom stereocenters. The van der Waals surface area contributed by atoms with Crippen molar-refractivity contribution < 1.29 is 35.1 Å². The lowest BCUT2D eigenvalue weighted by Crippen LogP contribution is -2.15. The van der Waals surface area contributed by atoms with E-state index in [1.54, 1.807) is 0 Å². The smallest absolute Gasteiger partial charge is 0.200 e. The minimum Gasteiger partial charge on any atom is -0.508 e. The summed E-state index contributed by atoms with van der Waals surface area (Å²) in [6.07, 6.45) is 0.269. The minimum atomic E-state index is -0.475. The molecule has 1 aliphatic rings. The number of fused-ring (bicyclic) bond motifs is 1. The zero-order chi connectivity index (χ0) is 16.3. The molecular formula is C15H14O7. The van der Waals surface area contributed by atoms with Gasteiger partial charge in [0.1, 0.15) is 22.8 Å². The number of benzene rings is 2. The van der Waals surface area contributed by atoms with Crippen molar-refractivity contribution in [2.45, 2.75) is 6.42 Å². The van der Waals surface area contributed by atoms with Crippen molar-refractivity contribution in [2.75, 3.05) is 6.61 Å². The Morgan fingerprint density at radius 1 is 0.909 bits per heavy atom. The highest BCUT2D eigenvalue weighted by molar-refractivity contribution is 6.02. The molecule has 2 aromatic carbocycles. The van der Waals surface area contributed by atoms with Crippen LogP contribution in [0.3, 0.4) is 0 Å². The normalized spacial score (nSPS) is 12.6. The standard InChI is InChI=1S/C9H8O4.C6H6O3/c10-5-3-7(12)9-6(11)1-2-13-8(9)4-5;7-4-2-1-3-5(8)6(4)9/h3-4,10,12H,1-2H2;1-3,7-9H. The second kappa shape index (κ2) is 6.13. The first-order valence-corrected chi connectivity index (χ1v) is 6.32. The summed E-state index contributed by atoms with van der Waals surface area (Å²) in [6, 6.07) is 6.46. The van der Waals surface area contributed by atoms with Gasteiger partial charge < -0.3 is 30.3 Å². The molecule has 2 aromatic rings. The second-order valence-electron chi connectivity index (χ2n) is 4.50. The molecule has 116 valence electrons. The lowest BCUT2D eigenvalue weighted by molar-refractivity contribution is 0.0929. The van der Waals surface area contributed by atoms with Gasteiger partial charge in [0.2, 0.25) is 0 Å². The van der Waals surface area contributed by atoms with Crippen LogP contribution in [0, 0.1) is 0 Å². The summed E-state index contributed by atoms with van der Waals surface area (Å²) in [5, 5.41) is 44.5. The molecule has 0 amide bonds. The van der Waals surface area contributed by atoms with Crippen molar-refractivity contribution >= 4 is 5.78 Å². The highest BCUT2D eigenvalue weighted by atomic mass is 16.5. The van der Waals surface area contributed by atoms with E-state index in [9.17, 15) is 9.90 Å². The molecule has 3 rings (SSSR count). The Labute approximate surface area is 125 Å². The van der Waals surface area contributed by atoms with E-state index < -0.39 is 5.75 Å². The van der Waals surface area contributed by atoms with Gasteiger partial charge in [-0.15, -0.1) is 0 Å². The maximum absolute atomic E-state index is 11.3. The Hall–Kier alpha value is -3.09. The summed E-state index contributed by atoms with van der Waals surface area (Å²) in [6.45, 7) is 0.300. The van der Waals surface area contributed by atoms with Crippen molar-refractivity contribution in [3.8, 4) is 34.5 Å². The molecule has 5 N–H and O–H groups in total. The molecule has 0 aliphatic carbocycles. The fourth-order valence-electron chi connectivity index (χ4n) is 1.88. The molecule has 1 aliphatic heterocycles. The lowest BCUT2D eigenvalue weighted by Gasteiger charge is -2.16. The highest BCUT2D eigenvalue weighted by Gasteiger charge is 2.22. The Morgan fingerprint density at radius 2 is 1.55 bits per heavy atom. The number of phenols is 5. The summed E-state index contributed by atoms with van der Waals surface area (Å²) in [7, 11) is 0. The van der Waals surface area contributed by atoms with Crippen LogP contribution in [0.4, 0.5) is 0 Å². The topological polar surface area (TPSA) is 127 Å². The van der Waals surface area contributed by atoms with Gasteiger partial charge in [0.15, 0.2) is 23.0 Å². The number of aromatic hydroxyl groups is 5. The summed E-state index contributed by atoms with van der Waals surface area (Å²) in [5.74, 6) is -1.32. The van der Waals surface area contributed by atoms with Crippen LogP contribution in [0.1, 0.15) is 16.8 Å². The zero-order valence-electron chi connectivity index (χ0n) is 11.4. The summed E-state index contributed by atoms with van der Waals surface area (Å²) < 4.78 is 5.11. The molecule has 0 unspecified atom stereocenters. The van der Waals surface area contributed by atoms with E-state index in [1.807, 2.05) is 0 Å². The van der Waals surface area contributed by atoms with Crippen LogP contribution in [0.15, 0.2) is 30.3 Å². The lowest BCUT2D eigenvalue weighted by atomic mass is 10.0. The number of hydrogen-bond donors (Lipinski definition) is 5. The molecule has 22 heavy (non-hydrogen) atoms. The summed E-state index contributed by atoms with van der Waals surface area (Å²) in [5.41, 5.74) is 0.170. The first-order valence-electron chi connectivity index (χ1n) is 6.32. The van der Waals surface area contributed by atoms with Gasteiger partial charge in [0.05, 0.1) is 6.61 Å². The van der Waals surface area contributed by atoms with Gasteiger partial charge in [-0.3, -0.25) is 4.79 Å². The number of carbonyl (C=O) groups excluding carboxylic acids is 1. The Bertz CT molecular complexity index is 689. The van der Waals surface area contributed by atoms with E-state index in [1.165, 1.54) is 24.3 Å². The molecule has 0 radical (unpaired) electrons. The quantitative estimate of drug-likeness (QED) is 0.470. The van der Waals surface area contributed by atoms with E-state index in [2.05, 4.69) is 0 Å². The molecule has 0 fully saturated rings. The zero-order valence-corrected chi connectivity index (χ0v) is 11.4. The monoisotopic (exact) mass is 306 g/mol. The first kappa shape index (κ1) is 15.3. The van der Waals surface area contributed by atoms with E-state index in [4.69, 9.17) is 25.2 Å². The number of rotatable bonds is 0. The van der Waals surface area contributed by atoms with Gasteiger partial charge in [-0.2, -0.15) is 0 Å². The average molecular weight is 306 g/mol. The van der Waals surface area contributed by atoms with Crippen LogP contribution in [-0.4, -0.2) is 37.9 Å². The number of carbonyl (C=O) groups is 1. The van der Waals surface area contributed by atoms with Crippen molar-refractivity contribution in [1.82, 2.24) is 0 Å². The molecule has 0 spiro atoms. The van der Waals surface area contributed by atoms with Crippen LogP contribution in [0.25, 0.3) is 0 Å². The highest BCUT2D eigenvalue weighted by Crippen LogP contribution is 2.36. The van der Waals surface area contributed by atoms with Crippen LogP contribution in [0.2, 0.25) is 0 Å². The Morgan fingerprint density at radius 3 is 2.14 bits per heavy atom. The fraction of sp³-hybridized carbons (Fsp3) is 0.133. The van der Waals surface area contributed by atoms with E-state index in [-0.39, 0.29) is 46.5 Å². The fourth-order valence-corrected chi connectivity index (χ4v) is 1.88. The summed E-state index contributed by atoms with van der Waals surface area (Å²) in [4.78, 5) is 11.3. The largest absolute Gasteiger partial charge is 0.508 e. The minimum absolute atomic E-state index is 0.106. The predicted octanol–water partition coefficient (Wildman–Crippen LogP) is 1.87. The number of Topliss-reactive ketones (excluding diaryl/α,β-unsaturated/α-hetero) is 1. The van der Waals surface area contributed by atoms with Gasteiger partial charge in [0, 0.05) is 18.6 Å². The van der Waals surface area contributed by atoms with Crippen LogP contribution in [-0.2, 0) is 0 Å². The van der Waals surface area contributed by atoms with Crippen LogP contribution in [0.5, 0.6) is 34.5 Å². The van der Waals surface area contributed by atoms with Crippen molar-refractivity contribution in [2.24, 2.45) is 0 Å². The maximum atomic E-state index is 11.3. The number of ether oxygens (including phenoxy) is 1. The molecular weight excluding hydrogens is 292 g/mol. The number of para-hydroxylation sites is 1. The van der Waals surface area contributed by atoms with Crippen LogP contribution < -0.4 is 4.74 Å². The predicted molar refractivity (Wildman–Crippen MR) is 75.7 cm³/mol. The second-order valence-corrected chi connectivity index (χ2v) is 4.50. The van der Waals surface area contributed by atoms with Gasteiger partial charge in [-0.25, -0.2) is 0 Å². The number of hydrogen-bond acceptors (Lipinski definition) is 7. The Kier molecular flexibility index (Phi) is 4.26. The van der Waals surface area contributed by atoms with Crippen molar-refractivity contribution in [3.05, 3.63) is 35.9 Å². The number of ketones is 1. The molecule has 0 bridgehead atoms. The van der Waals surface area contributed by atoms with Crippen LogP contribution >= 0.6 is 0 Å². The van der Waals surface area contributed by atoms with E-state index >= 15 is 0 Å². The molecule has 0 saturated heterocycles. The molecule has 0 aromatic heterocycles. The molecule has 7 heteroatoms. The maximum Gasteiger partial charge on any atom is 0.200 e. The van der Waals surface area contributed by atoms with Gasteiger partial charge >= 0.3 is 0 Å². The Balaban J connectivity index is 0.000000172. The third kappa shape index (κ3) is 3.14. The molecule has 7 nitrogen and oxygen atoms in total. The molecule has 1 heterocycles. The first-order chi connectivity index (χ1) is 10.4. The van der Waals surface area contributed by atoms with Crippen molar-refractivity contribution in [1.29, 1.82) is 0 Å². The molecule has 0 saturated carbocycles. The summed E-state index contributed by atoms with van der Waals surface area (Å²) >= 11 is 0. The third-order valence-electron chi connectivity index (χ3n) is 2.93. The van der Waals surface area contributed by atoms with Crippen molar-refractivity contribution in [3.63, 3.8) is 0 Å². The van der Waals surface area contributed by atoms with Gasteiger partial charge in [0.25, 0.3) is 0 Å². The van der Waals surface area contributed by atoms with E-state index in [0.29, 0.717) is 6.61 Å². The average Bonchev–Trinajstić information content (AvgIpc) is 2.45. The number of phenolic OH excluding ortho intramolecular Hbond substituents is 5.